The van der Waals surface area contributed by atoms with Gasteiger partial charge in [0.05, 0.1) is 30.3 Å². The number of alkyl halides is 3. The molecule has 0 saturated carbocycles. The molecule has 2 atom stereocenters. The predicted octanol–water partition coefficient (Wildman–Crippen LogP) is 6.35. The molecule has 13 heteroatoms. The molecule has 2 heterocycles. The maximum absolute atomic E-state index is 16.1. The maximum Gasteiger partial charge on any atom is 0.416 e. The lowest BCUT2D eigenvalue weighted by Crippen LogP contribution is -2.46. The van der Waals surface area contributed by atoms with Gasteiger partial charge in [0.25, 0.3) is 0 Å². The van der Waals surface area contributed by atoms with E-state index in [1.54, 1.807) is 31.2 Å². The highest BCUT2D eigenvalue weighted by atomic mass is 19.4. The predicted molar refractivity (Wildman–Crippen MR) is 153 cm³/mol. The number of halogens is 5. The molecule has 0 fully saturated rings. The largest absolute Gasteiger partial charge is 0.416 e. The summed E-state index contributed by atoms with van der Waals surface area (Å²) in [7, 11) is 0. The third-order valence-corrected chi connectivity index (χ3v) is 7.97. The smallest absolute Gasteiger partial charge is 0.377 e. The minimum absolute atomic E-state index is 0.0498. The van der Waals surface area contributed by atoms with Gasteiger partial charge >= 0.3 is 6.18 Å². The van der Waals surface area contributed by atoms with Crippen molar-refractivity contribution in [3.8, 4) is 6.07 Å². The van der Waals surface area contributed by atoms with Crippen LogP contribution >= 0.6 is 0 Å². The highest BCUT2D eigenvalue weighted by Crippen LogP contribution is 2.47. The van der Waals surface area contributed by atoms with E-state index >= 15 is 4.39 Å². The molecule has 232 valence electrons. The summed E-state index contributed by atoms with van der Waals surface area (Å²) < 4.78 is 79.8. The zero-order chi connectivity index (χ0) is 32.2. The lowest BCUT2D eigenvalue weighted by Gasteiger charge is -2.43. The highest BCUT2D eigenvalue weighted by molar-refractivity contribution is 5.51. The first-order chi connectivity index (χ1) is 21.6. The van der Waals surface area contributed by atoms with Crippen LogP contribution in [0, 0.1) is 29.9 Å². The number of hydrogen-bond donors (Lipinski definition) is 0. The Hall–Kier alpha value is -4.96. The molecule has 0 saturated heterocycles. The third-order valence-electron chi connectivity index (χ3n) is 7.97. The molecule has 3 aromatic carbocycles. The molecule has 5 rings (SSSR count). The summed E-state index contributed by atoms with van der Waals surface area (Å²) in [4.78, 5) is 8.20. The first kappa shape index (κ1) is 31.5. The van der Waals surface area contributed by atoms with Crippen molar-refractivity contribution < 1.29 is 26.7 Å². The Morgan fingerprint density at radius 3 is 2.29 bits per heavy atom. The topological polar surface area (TPSA) is 94.4 Å². The van der Waals surface area contributed by atoms with E-state index in [-0.39, 0.29) is 25.1 Å². The molecule has 5 aromatic rings. The van der Waals surface area contributed by atoms with Crippen molar-refractivity contribution in [2.75, 3.05) is 6.61 Å². The van der Waals surface area contributed by atoms with Gasteiger partial charge in [-0.05, 0) is 72.0 Å². The van der Waals surface area contributed by atoms with Gasteiger partial charge in [-0.3, -0.25) is 4.68 Å². The SMILES string of the molecule is CCOCc1c(C#N)ccc(C(Cc2ccc(F)cc2)(C(Cn2cncn2)c2ccc(C(F)(F)F)cc2F)n2cncn2)c1C. The van der Waals surface area contributed by atoms with Crippen LogP contribution in [-0.2, 0) is 36.0 Å². The van der Waals surface area contributed by atoms with E-state index in [1.165, 1.54) is 46.8 Å². The van der Waals surface area contributed by atoms with Crippen molar-refractivity contribution in [2.45, 2.75) is 51.1 Å². The van der Waals surface area contributed by atoms with E-state index in [0.29, 0.717) is 40.5 Å². The van der Waals surface area contributed by atoms with Gasteiger partial charge in [0, 0.05) is 18.9 Å². The summed E-state index contributed by atoms with van der Waals surface area (Å²) in [6, 6.07) is 13.7. The minimum Gasteiger partial charge on any atom is -0.377 e. The number of ether oxygens (including phenoxy) is 1. The number of benzene rings is 3. The molecular formula is C32H28F5N7O. The van der Waals surface area contributed by atoms with Crippen LogP contribution in [0.2, 0.25) is 0 Å². The first-order valence-corrected chi connectivity index (χ1v) is 14.0. The molecule has 2 unspecified atom stereocenters. The van der Waals surface area contributed by atoms with Gasteiger partial charge in [-0.15, -0.1) is 0 Å². The van der Waals surface area contributed by atoms with Crippen LogP contribution < -0.4 is 0 Å². The Bertz CT molecular complexity index is 1780. The Morgan fingerprint density at radius 2 is 1.69 bits per heavy atom. The second kappa shape index (κ2) is 13.0. The summed E-state index contributed by atoms with van der Waals surface area (Å²) in [5, 5.41) is 18.7. The number of rotatable bonds is 11. The fourth-order valence-corrected chi connectivity index (χ4v) is 5.83. The van der Waals surface area contributed by atoms with Crippen molar-refractivity contribution in [3.05, 3.63) is 130 Å². The fourth-order valence-electron chi connectivity index (χ4n) is 5.83. The number of nitrogens with zero attached hydrogens (tertiary/aromatic N) is 7. The molecular weight excluding hydrogens is 593 g/mol. The standard InChI is InChI=1S/C32H28F5N7O/c1-3-45-16-27-21(2)28(11-6-23(27)14-38)31(44-20-40-18-42-44,13-22-4-8-25(33)9-5-22)29(15-43-19-39-17-41-43)26-10-7-24(12-30(26)34)32(35,36)37/h4-12,17-20,29H,3,13,15-16H2,1-2H3. The van der Waals surface area contributed by atoms with Crippen LogP contribution in [0.25, 0.3) is 0 Å². The molecule has 0 radical (unpaired) electrons. The molecule has 0 spiro atoms. The van der Waals surface area contributed by atoms with Crippen molar-refractivity contribution in [3.63, 3.8) is 0 Å². The van der Waals surface area contributed by atoms with Crippen molar-refractivity contribution in [1.29, 1.82) is 5.26 Å². The Labute approximate surface area is 255 Å². The van der Waals surface area contributed by atoms with Crippen LogP contribution in [0.15, 0.2) is 79.9 Å². The van der Waals surface area contributed by atoms with E-state index in [2.05, 4.69) is 26.2 Å². The normalized spacial score (nSPS) is 13.7. The fraction of sp³-hybridized carbons (Fsp3) is 0.281. The monoisotopic (exact) mass is 621 g/mol. The van der Waals surface area contributed by atoms with Gasteiger partial charge in [-0.2, -0.15) is 28.6 Å². The van der Waals surface area contributed by atoms with Crippen LogP contribution in [0.1, 0.15) is 51.8 Å². The van der Waals surface area contributed by atoms with Crippen LogP contribution in [0.5, 0.6) is 0 Å². The second-order valence-corrected chi connectivity index (χ2v) is 10.5. The van der Waals surface area contributed by atoms with E-state index in [0.717, 1.165) is 12.1 Å². The van der Waals surface area contributed by atoms with Gasteiger partial charge in [0.2, 0.25) is 0 Å². The lowest BCUT2D eigenvalue weighted by atomic mass is 9.68. The highest BCUT2D eigenvalue weighted by Gasteiger charge is 2.47. The molecule has 0 aliphatic rings. The molecule has 0 aliphatic carbocycles. The molecule has 0 bridgehead atoms. The van der Waals surface area contributed by atoms with Crippen LogP contribution in [0.4, 0.5) is 22.0 Å². The zero-order valence-electron chi connectivity index (χ0n) is 24.3. The minimum atomic E-state index is -4.77. The molecule has 8 nitrogen and oxygen atoms in total. The zero-order valence-corrected chi connectivity index (χ0v) is 24.3. The van der Waals surface area contributed by atoms with Gasteiger partial charge in [-0.25, -0.2) is 23.4 Å². The van der Waals surface area contributed by atoms with Crippen molar-refractivity contribution >= 4 is 0 Å². The molecule has 45 heavy (non-hydrogen) atoms. The molecule has 2 aromatic heterocycles. The summed E-state index contributed by atoms with van der Waals surface area (Å²) in [6.07, 6.45) is 0.761. The molecule has 0 amide bonds. The summed E-state index contributed by atoms with van der Waals surface area (Å²) in [5.74, 6) is -2.55. The average molecular weight is 622 g/mol. The van der Waals surface area contributed by atoms with E-state index in [1.807, 2.05) is 6.92 Å². The number of hydrogen-bond acceptors (Lipinski definition) is 6. The Balaban J connectivity index is 1.88. The molecule has 0 aliphatic heterocycles. The Morgan fingerprint density at radius 1 is 0.956 bits per heavy atom. The van der Waals surface area contributed by atoms with Crippen LogP contribution in [-0.4, -0.2) is 36.1 Å². The summed E-state index contributed by atoms with van der Waals surface area (Å²) in [6.45, 7) is 4.05. The Kier molecular flexibility index (Phi) is 9.06. The van der Waals surface area contributed by atoms with Crippen LogP contribution in [0.3, 0.4) is 0 Å². The van der Waals surface area contributed by atoms with Gasteiger partial charge in [0.1, 0.15) is 42.5 Å². The second-order valence-electron chi connectivity index (χ2n) is 10.5. The summed E-state index contributed by atoms with van der Waals surface area (Å²) in [5.41, 5.74) is 0.192. The van der Waals surface area contributed by atoms with E-state index in [4.69, 9.17) is 4.74 Å². The van der Waals surface area contributed by atoms with E-state index < -0.39 is 34.8 Å². The first-order valence-electron chi connectivity index (χ1n) is 14.0. The maximum atomic E-state index is 16.1. The van der Waals surface area contributed by atoms with Gasteiger partial charge < -0.3 is 4.74 Å². The number of aromatic nitrogens is 6. The van der Waals surface area contributed by atoms with Crippen molar-refractivity contribution in [2.24, 2.45) is 0 Å². The number of nitriles is 1. The van der Waals surface area contributed by atoms with E-state index in [9.17, 15) is 22.8 Å². The third kappa shape index (κ3) is 6.32. The van der Waals surface area contributed by atoms with Gasteiger partial charge in [0.15, 0.2) is 0 Å². The lowest BCUT2D eigenvalue weighted by molar-refractivity contribution is -0.137. The quantitative estimate of drug-likeness (QED) is 0.160. The van der Waals surface area contributed by atoms with Gasteiger partial charge in [-0.1, -0.05) is 24.3 Å². The molecule has 0 N–H and O–H groups in total. The van der Waals surface area contributed by atoms with Crippen molar-refractivity contribution in [1.82, 2.24) is 29.5 Å². The summed E-state index contributed by atoms with van der Waals surface area (Å²) >= 11 is 0. The average Bonchev–Trinajstić information content (AvgIpc) is 3.74.